The number of benzene rings is 1. The van der Waals surface area contributed by atoms with E-state index in [-0.39, 0.29) is 36.7 Å². The molecule has 0 atom stereocenters. The first-order chi connectivity index (χ1) is 12.0. The first kappa shape index (κ1) is 19.2. The standard InChI is InChI=1S/C18H23ClN2O4/c1-2-25-18(24)21-10-8-15(9-11-21)20-17(23)7-6-16(22)13-4-3-5-14(19)12-13/h3-5,12,15H,2,6-11H2,1H3,(H,20,23). The lowest BCUT2D eigenvalue weighted by Crippen LogP contribution is -2.46. The monoisotopic (exact) mass is 366 g/mol. The molecule has 136 valence electrons. The third kappa shape index (κ3) is 6.05. The van der Waals surface area contributed by atoms with Gasteiger partial charge >= 0.3 is 6.09 Å². The van der Waals surface area contributed by atoms with Crippen molar-refractivity contribution in [2.45, 2.75) is 38.6 Å². The SMILES string of the molecule is CCOC(=O)N1CCC(NC(=O)CCC(=O)c2cccc(Cl)c2)CC1. The Morgan fingerprint density at radius 2 is 1.96 bits per heavy atom. The summed E-state index contributed by atoms with van der Waals surface area (Å²) in [6, 6.07) is 6.74. The molecule has 1 saturated heterocycles. The van der Waals surface area contributed by atoms with Crippen LogP contribution in [0.2, 0.25) is 5.02 Å². The molecule has 25 heavy (non-hydrogen) atoms. The molecule has 0 saturated carbocycles. The Kier molecular flexibility index (Phi) is 7.25. The van der Waals surface area contributed by atoms with E-state index in [9.17, 15) is 14.4 Å². The lowest BCUT2D eigenvalue weighted by molar-refractivity contribution is -0.122. The van der Waals surface area contributed by atoms with Crippen molar-refractivity contribution in [2.24, 2.45) is 0 Å². The first-order valence-electron chi connectivity index (χ1n) is 8.49. The number of likely N-dealkylation sites (tertiary alicyclic amines) is 1. The van der Waals surface area contributed by atoms with Crippen LogP contribution < -0.4 is 5.32 Å². The van der Waals surface area contributed by atoms with E-state index in [0.717, 1.165) is 0 Å². The molecular weight excluding hydrogens is 344 g/mol. The van der Waals surface area contributed by atoms with Crippen molar-refractivity contribution >= 4 is 29.4 Å². The van der Waals surface area contributed by atoms with Gasteiger partial charge in [0.15, 0.2) is 5.78 Å². The van der Waals surface area contributed by atoms with Gasteiger partial charge in [0, 0.05) is 42.6 Å². The van der Waals surface area contributed by atoms with Crippen molar-refractivity contribution in [1.29, 1.82) is 0 Å². The van der Waals surface area contributed by atoms with Crippen LogP contribution >= 0.6 is 11.6 Å². The van der Waals surface area contributed by atoms with Crippen LogP contribution in [0, 0.1) is 0 Å². The molecule has 0 aliphatic carbocycles. The zero-order chi connectivity index (χ0) is 18.2. The second-order valence-corrected chi connectivity index (χ2v) is 6.40. The molecule has 0 radical (unpaired) electrons. The first-order valence-corrected chi connectivity index (χ1v) is 8.87. The Morgan fingerprint density at radius 3 is 2.60 bits per heavy atom. The van der Waals surface area contributed by atoms with E-state index in [4.69, 9.17) is 16.3 Å². The maximum absolute atomic E-state index is 12.1. The van der Waals surface area contributed by atoms with Crippen LogP contribution in [0.4, 0.5) is 4.79 Å². The maximum atomic E-state index is 12.1. The highest BCUT2D eigenvalue weighted by atomic mass is 35.5. The predicted molar refractivity (Wildman–Crippen MR) is 94.8 cm³/mol. The number of rotatable bonds is 6. The highest BCUT2D eigenvalue weighted by Crippen LogP contribution is 2.14. The van der Waals surface area contributed by atoms with Gasteiger partial charge in [-0.05, 0) is 31.9 Å². The molecule has 0 unspecified atom stereocenters. The Hall–Kier alpha value is -2.08. The minimum Gasteiger partial charge on any atom is -0.450 e. The van der Waals surface area contributed by atoms with Crippen LogP contribution in [0.5, 0.6) is 0 Å². The zero-order valence-electron chi connectivity index (χ0n) is 14.3. The van der Waals surface area contributed by atoms with Gasteiger partial charge in [0.2, 0.25) is 5.91 Å². The molecule has 1 fully saturated rings. The molecule has 2 amide bonds. The van der Waals surface area contributed by atoms with Crippen molar-refractivity contribution in [3.05, 3.63) is 34.9 Å². The van der Waals surface area contributed by atoms with E-state index < -0.39 is 0 Å². The van der Waals surface area contributed by atoms with E-state index in [1.54, 1.807) is 36.1 Å². The Labute approximate surface area is 152 Å². The van der Waals surface area contributed by atoms with Crippen LogP contribution in [0.15, 0.2) is 24.3 Å². The summed E-state index contributed by atoms with van der Waals surface area (Å²) >= 11 is 5.87. The highest BCUT2D eigenvalue weighted by molar-refractivity contribution is 6.31. The molecule has 0 spiro atoms. The van der Waals surface area contributed by atoms with Gasteiger partial charge in [0.25, 0.3) is 0 Å². The Bertz CT molecular complexity index is 627. The summed E-state index contributed by atoms with van der Waals surface area (Å²) in [5.41, 5.74) is 0.517. The molecule has 1 aromatic carbocycles. The third-order valence-electron chi connectivity index (χ3n) is 4.11. The largest absolute Gasteiger partial charge is 0.450 e. The molecule has 7 heteroatoms. The van der Waals surface area contributed by atoms with E-state index >= 15 is 0 Å². The van der Waals surface area contributed by atoms with Crippen molar-refractivity contribution in [2.75, 3.05) is 19.7 Å². The fourth-order valence-corrected chi connectivity index (χ4v) is 2.94. The van der Waals surface area contributed by atoms with Gasteiger partial charge in [-0.3, -0.25) is 9.59 Å². The number of halogens is 1. The average molecular weight is 367 g/mol. The minimum atomic E-state index is -0.306. The number of nitrogens with one attached hydrogen (secondary N) is 1. The van der Waals surface area contributed by atoms with Crippen molar-refractivity contribution in [1.82, 2.24) is 10.2 Å². The number of carbonyl (C=O) groups excluding carboxylic acids is 3. The summed E-state index contributed by atoms with van der Waals surface area (Å²) < 4.78 is 4.97. The van der Waals surface area contributed by atoms with Gasteiger partial charge in [-0.2, -0.15) is 0 Å². The summed E-state index contributed by atoms with van der Waals surface area (Å²) in [4.78, 5) is 37.4. The molecule has 1 aromatic rings. The average Bonchev–Trinajstić information content (AvgIpc) is 2.60. The molecule has 0 aromatic heterocycles. The molecule has 1 aliphatic heterocycles. The lowest BCUT2D eigenvalue weighted by atomic mass is 10.0. The number of amides is 2. The molecular formula is C18H23ClN2O4. The van der Waals surface area contributed by atoms with Gasteiger partial charge in [-0.1, -0.05) is 23.7 Å². The summed E-state index contributed by atoms with van der Waals surface area (Å²) in [7, 11) is 0. The number of hydrogen-bond donors (Lipinski definition) is 1. The van der Waals surface area contributed by atoms with Gasteiger partial charge in [0.05, 0.1) is 6.61 Å². The van der Waals surface area contributed by atoms with Crippen molar-refractivity contribution < 1.29 is 19.1 Å². The molecule has 1 N–H and O–H groups in total. The van der Waals surface area contributed by atoms with E-state index in [1.807, 2.05) is 0 Å². The van der Waals surface area contributed by atoms with Gasteiger partial charge < -0.3 is 15.0 Å². The van der Waals surface area contributed by atoms with E-state index in [2.05, 4.69) is 5.32 Å². The smallest absolute Gasteiger partial charge is 0.409 e. The van der Waals surface area contributed by atoms with E-state index in [1.165, 1.54) is 0 Å². The number of Topliss-reactive ketones (excluding diaryl/α,β-unsaturated/α-hetero) is 1. The number of nitrogens with zero attached hydrogens (tertiary/aromatic N) is 1. The highest BCUT2D eigenvalue weighted by Gasteiger charge is 2.24. The second-order valence-electron chi connectivity index (χ2n) is 5.96. The fraction of sp³-hybridized carbons (Fsp3) is 0.500. The number of piperidine rings is 1. The number of carbonyl (C=O) groups is 3. The summed E-state index contributed by atoms with van der Waals surface area (Å²) in [5.74, 6) is -0.250. The van der Waals surface area contributed by atoms with Crippen LogP contribution in [-0.4, -0.2) is 48.4 Å². The fourth-order valence-electron chi connectivity index (χ4n) is 2.75. The molecule has 0 bridgehead atoms. The third-order valence-corrected chi connectivity index (χ3v) is 4.35. The Morgan fingerprint density at radius 1 is 1.24 bits per heavy atom. The van der Waals surface area contributed by atoms with E-state index in [0.29, 0.717) is 43.1 Å². The van der Waals surface area contributed by atoms with Crippen LogP contribution in [0.25, 0.3) is 0 Å². The number of ketones is 1. The van der Waals surface area contributed by atoms with Crippen LogP contribution in [-0.2, 0) is 9.53 Å². The molecule has 2 rings (SSSR count). The van der Waals surface area contributed by atoms with Gasteiger partial charge in [-0.15, -0.1) is 0 Å². The number of hydrogen-bond acceptors (Lipinski definition) is 4. The quantitative estimate of drug-likeness (QED) is 0.785. The zero-order valence-corrected chi connectivity index (χ0v) is 15.1. The number of ether oxygens (including phenoxy) is 1. The molecule has 6 nitrogen and oxygen atoms in total. The summed E-state index contributed by atoms with van der Waals surface area (Å²) in [6.07, 6.45) is 1.36. The molecule has 1 aliphatic rings. The predicted octanol–water partition coefficient (Wildman–Crippen LogP) is 3.04. The van der Waals surface area contributed by atoms with Crippen molar-refractivity contribution in [3.8, 4) is 0 Å². The Balaban J connectivity index is 1.71. The minimum absolute atomic E-state index is 0.0273. The summed E-state index contributed by atoms with van der Waals surface area (Å²) in [5, 5.41) is 3.44. The summed E-state index contributed by atoms with van der Waals surface area (Å²) in [6.45, 7) is 3.25. The van der Waals surface area contributed by atoms with Gasteiger partial charge in [-0.25, -0.2) is 4.79 Å². The maximum Gasteiger partial charge on any atom is 0.409 e. The normalized spacial score (nSPS) is 14.9. The van der Waals surface area contributed by atoms with Crippen LogP contribution in [0.3, 0.4) is 0 Å². The topological polar surface area (TPSA) is 75.7 Å². The van der Waals surface area contributed by atoms with Crippen molar-refractivity contribution in [3.63, 3.8) is 0 Å². The van der Waals surface area contributed by atoms with Crippen LogP contribution in [0.1, 0.15) is 43.0 Å². The molecule has 1 heterocycles. The second kappa shape index (κ2) is 9.42. The van der Waals surface area contributed by atoms with Gasteiger partial charge in [0.1, 0.15) is 0 Å². The lowest BCUT2D eigenvalue weighted by Gasteiger charge is -2.31.